The highest BCUT2D eigenvalue weighted by molar-refractivity contribution is 5.70. The zero-order chi connectivity index (χ0) is 18.4. The summed E-state index contributed by atoms with van der Waals surface area (Å²) < 4.78 is 10.6. The lowest BCUT2D eigenvalue weighted by Crippen LogP contribution is -2.41. The van der Waals surface area contributed by atoms with E-state index in [2.05, 4.69) is 36.2 Å². The van der Waals surface area contributed by atoms with Crippen molar-refractivity contribution >= 4 is 6.09 Å². The van der Waals surface area contributed by atoms with Gasteiger partial charge in [-0.3, -0.25) is 4.90 Å². The molecule has 0 radical (unpaired) electrons. The van der Waals surface area contributed by atoms with Gasteiger partial charge < -0.3 is 14.4 Å². The lowest BCUT2D eigenvalue weighted by atomic mass is 10.1. The Balaban J connectivity index is 1.56. The summed E-state index contributed by atoms with van der Waals surface area (Å²) in [5, 5.41) is 0. The first-order valence-electron chi connectivity index (χ1n) is 8.94. The van der Waals surface area contributed by atoms with E-state index in [4.69, 9.17) is 9.47 Å². The van der Waals surface area contributed by atoms with E-state index in [1.165, 1.54) is 5.56 Å². The molecule has 1 fully saturated rings. The number of carbonyl (C=O) groups is 1. The van der Waals surface area contributed by atoms with Gasteiger partial charge in [-0.05, 0) is 36.7 Å². The molecule has 0 spiro atoms. The Bertz CT molecular complexity index is 720. The molecule has 0 saturated carbocycles. The zero-order valence-electron chi connectivity index (χ0n) is 15.4. The maximum Gasteiger partial charge on any atom is 0.410 e. The summed E-state index contributed by atoms with van der Waals surface area (Å²) in [6.45, 7) is 2.72. The quantitative estimate of drug-likeness (QED) is 0.730. The Hall–Kier alpha value is -2.53. The SMILES string of the molecule is COc1cccc(CN2C(=O)OCC2CN(C)CCc2ccccc2)c1. The number of carbonyl (C=O) groups excluding carboxylic acids is 1. The molecule has 1 aliphatic rings. The highest BCUT2D eigenvalue weighted by Crippen LogP contribution is 2.20. The first-order valence-corrected chi connectivity index (χ1v) is 8.94. The summed E-state index contributed by atoms with van der Waals surface area (Å²) in [6.07, 6.45) is 0.753. The topological polar surface area (TPSA) is 42.0 Å². The molecule has 0 bridgehead atoms. The summed E-state index contributed by atoms with van der Waals surface area (Å²) >= 11 is 0. The predicted octanol–water partition coefficient (Wildman–Crippen LogP) is 3.19. The average Bonchev–Trinajstić information content (AvgIpc) is 3.01. The number of rotatable bonds is 8. The molecule has 1 atom stereocenters. The highest BCUT2D eigenvalue weighted by Gasteiger charge is 2.33. The lowest BCUT2D eigenvalue weighted by molar-refractivity contribution is 0.154. The first-order chi connectivity index (χ1) is 12.7. The van der Waals surface area contributed by atoms with Crippen LogP contribution in [0.5, 0.6) is 5.75 Å². The van der Waals surface area contributed by atoms with Crippen LogP contribution in [0.4, 0.5) is 4.79 Å². The van der Waals surface area contributed by atoms with Crippen molar-refractivity contribution in [1.82, 2.24) is 9.80 Å². The van der Waals surface area contributed by atoms with E-state index in [0.29, 0.717) is 13.2 Å². The number of cyclic esters (lactones) is 1. The van der Waals surface area contributed by atoms with Crippen molar-refractivity contribution in [3.8, 4) is 5.75 Å². The van der Waals surface area contributed by atoms with Gasteiger partial charge >= 0.3 is 6.09 Å². The fourth-order valence-electron chi connectivity index (χ4n) is 3.22. The monoisotopic (exact) mass is 354 g/mol. The van der Waals surface area contributed by atoms with Gasteiger partial charge in [0.2, 0.25) is 0 Å². The summed E-state index contributed by atoms with van der Waals surface area (Å²) in [6, 6.07) is 18.3. The van der Waals surface area contributed by atoms with Crippen LogP contribution in [0.3, 0.4) is 0 Å². The van der Waals surface area contributed by atoms with E-state index >= 15 is 0 Å². The van der Waals surface area contributed by atoms with Crippen LogP contribution in [0, 0.1) is 0 Å². The van der Waals surface area contributed by atoms with Crippen LogP contribution >= 0.6 is 0 Å². The third kappa shape index (κ3) is 4.76. The van der Waals surface area contributed by atoms with Crippen LogP contribution in [0.15, 0.2) is 54.6 Å². The Morgan fingerprint density at radius 1 is 1.15 bits per heavy atom. The van der Waals surface area contributed by atoms with Crippen molar-refractivity contribution < 1.29 is 14.3 Å². The molecule has 1 heterocycles. The molecule has 3 rings (SSSR count). The summed E-state index contributed by atoms with van der Waals surface area (Å²) in [4.78, 5) is 16.2. The van der Waals surface area contributed by atoms with Crippen molar-refractivity contribution in [3.05, 3.63) is 65.7 Å². The number of ether oxygens (including phenoxy) is 2. The second kappa shape index (κ2) is 8.72. The van der Waals surface area contributed by atoms with Crippen molar-refractivity contribution in [2.75, 3.05) is 33.9 Å². The van der Waals surface area contributed by atoms with Gasteiger partial charge in [0.05, 0.1) is 13.2 Å². The minimum Gasteiger partial charge on any atom is -0.497 e. The third-order valence-electron chi connectivity index (χ3n) is 4.71. The molecule has 2 aromatic carbocycles. The van der Waals surface area contributed by atoms with Crippen LogP contribution in [0.25, 0.3) is 0 Å². The molecule has 0 aliphatic carbocycles. The van der Waals surface area contributed by atoms with Crippen molar-refractivity contribution in [1.29, 1.82) is 0 Å². The predicted molar refractivity (Wildman–Crippen MR) is 101 cm³/mol. The molecule has 1 amide bonds. The molecule has 2 aromatic rings. The van der Waals surface area contributed by atoms with Gasteiger partial charge in [-0.2, -0.15) is 0 Å². The standard InChI is InChI=1S/C21H26N2O3/c1-22(12-11-17-7-4-3-5-8-17)15-19-16-26-21(24)23(19)14-18-9-6-10-20(13-18)25-2/h3-10,13,19H,11-12,14-16H2,1-2H3. The molecule has 5 heteroatoms. The number of nitrogens with zero attached hydrogens (tertiary/aromatic N) is 2. The molecule has 1 unspecified atom stereocenters. The number of hydrogen-bond donors (Lipinski definition) is 0. The largest absolute Gasteiger partial charge is 0.497 e. The molecule has 5 nitrogen and oxygen atoms in total. The molecule has 138 valence electrons. The van der Waals surface area contributed by atoms with Crippen LogP contribution < -0.4 is 4.74 Å². The Kier molecular flexibility index (Phi) is 6.12. The molecule has 26 heavy (non-hydrogen) atoms. The van der Waals surface area contributed by atoms with E-state index in [1.54, 1.807) is 7.11 Å². The summed E-state index contributed by atoms with van der Waals surface area (Å²) in [5.41, 5.74) is 2.37. The van der Waals surface area contributed by atoms with Gasteiger partial charge in [-0.25, -0.2) is 4.79 Å². The van der Waals surface area contributed by atoms with Gasteiger partial charge in [-0.15, -0.1) is 0 Å². The second-order valence-electron chi connectivity index (χ2n) is 6.71. The number of amides is 1. The minimum absolute atomic E-state index is 0.0643. The van der Waals surface area contributed by atoms with E-state index < -0.39 is 0 Å². The van der Waals surface area contributed by atoms with Crippen LogP contribution in [0.2, 0.25) is 0 Å². The number of likely N-dealkylation sites (N-methyl/N-ethyl adjacent to an activating group) is 1. The zero-order valence-corrected chi connectivity index (χ0v) is 15.4. The molecule has 1 aliphatic heterocycles. The highest BCUT2D eigenvalue weighted by atomic mass is 16.6. The second-order valence-corrected chi connectivity index (χ2v) is 6.71. The van der Waals surface area contributed by atoms with Gasteiger partial charge in [0.1, 0.15) is 12.4 Å². The Morgan fingerprint density at radius 3 is 2.69 bits per heavy atom. The maximum absolute atomic E-state index is 12.2. The van der Waals surface area contributed by atoms with Crippen molar-refractivity contribution in [2.24, 2.45) is 0 Å². The lowest BCUT2D eigenvalue weighted by Gasteiger charge is -2.26. The maximum atomic E-state index is 12.2. The Labute approximate surface area is 155 Å². The molecule has 1 saturated heterocycles. The van der Waals surface area contributed by atoms with Gasteiger partial charge in [0, 0.05) is 19.6 Å². The van der Waals surface area contributed by atoms with Crippen LogP contribution in [-0.2, 0) is 17.7 Å². The van der Waals surface area contributed by atoms with Crippen LogP contribution in [0.1, 0.15) is 11.1 Å². The fourth-order valence-corrected chi connectivity index (χ4v) is 3.22. The first kappa shape index (κ1) is 18.3. The normalized spacial score (nSPS) is 16.8. The van der Waals surface area contributed by atoms with Gasteiger partial charge in [-0.1, -0.05) is 42.5 Å². The fraction of sp³-hybridized carbons (Fsp3) is 0.381. The van der Waals surface area contributed by atoms with Crippen molar-refractivity contribution in [3.63, 3.8) is 0 Å². The number of hydrogen-bond acceptors (Lipinski definition) is 4. The van der Waals surface area contributed by atoms with Gasteiger partial charge in [0.15, 0.2) is 0 Å². The van der Waals surface area contributed by atoms with Crippen molar-refractivity contribution in [2.45, 2.75) is 19.0 Å². The minimum atomic E-state index is -0.241. The molecule has 0 aromatic heterocycles. The van der Waals surface area contributed by atoms with E-state index in [-0.39, 0.29) is 12.1 Å². The van der Waals surface area contributed by atoms with E-state index in [0.717, 1.165) is 30.8 Å². The van der Waals surface area contributed by atoms with Gasteiger partial charge in [0.25, 0.3) is 0 Å². The number of benzene rings is 2. The van der Waals surface area contributed by atoms with Crippen LogP contribution in [-0.4, -0.2) is 55.8 Å². The molecular formula is C21H26N2O3. The summed E-state index contributed by atoms with van der Waals surface area (Å²) in [7, 11) is 3.74. The average molecular weight is 354 g/mol. The molecule has 0 N–H and O–H groups in total. The van der Waals surface area contributed by atoms with E-state index in [9.17, 15) is 4.79 Å². The third-order valence-corrected chi connectivity index (χ3v) is 4.71. The smallest absolute Gasteiger partial charge is 0.410 e. The van der Waals surface area contributed by atoms with E-state index in [1.807, 2.05) is 35.2 Å². The summed E-state index contributed by atoms with van der Waals surface area (Å²) in [5.74, 6) is 0.798. The molecular weight excluding hydrogens is 328 g/mol. The Morgan fingerprint density at radius 2 is 1.92 bits per heavy atom. The number of methoxy groups -OCH3 is 1.